The average molecular weight is 599 g/mol. The van der Waals surface area contributed by atoms with Crippen molar-refractivity contribution in [1.29, 1.82) is 0 Å². The van der Waals surface area contributed by atoms with Gasteiger partial charge in [-0.15, -0.1) is 0 Å². The van der Waals surface area contributed by atoms with E-state index >= 15 is 0 Å². The Labute approximate surface area is 251 Å². The van der Waals surface area contributed by atoms with Crippen molar-refractivity contribution in [3.05, 3.63) is 76.8 Å². The van der Waals surface area contributed by atoms with Gasteiger partial charge in [-0.05, 0) is 73.1 Å². The van der Waals surface area contributed by atoms with E-state index in [0.717, 1.165) is 30.5 Å². The van der Waals surface area contributed by atoms with E-state index in [2.05, 4.69) is 41.0 Å². The molecule has 4 N–H and O–H groups in total. The van der Waals surface area contributed by atoms with E-state index in [1.165, 1.54) is 16.3 Å². The third-order valence-corrected chi connectivity index (χ3v) is 7.20. The second kappa shape index (κ2) is 17.3. The van der Waals surface area contributed by atoms with Gasteiger partial charge in [0, 0.05) is 30.4 Å². The number of benzene rings is 3. The number of unbranched alkanes of at least 4 members (excludes halogenated alkanes) is 3. The molecule has 0 saturated heterocycles. The molecule has 0 heterocycles. The van der Waals surface area contributed by atoms with Crippen LogP contribution in [0.15, 0.2) is 60.7 Å². The molecular formula is C32H39ClN2O7. The third kappa shape index (κ3) is 11.0. The number of aryl methyl sites for hydroxylation is 2. The van der Waals surface area contributed by atoms with Crippen molar-refractivity contribution >= 4 is 45.9 Å². The first kappa shape index (κ1) is 32.8. The highest BCUT2D eigenvalue weighted by Crippen LogP contribution is 2.20. The van der Waals surface area contributed by atoms with E-state index in [4.69, 9.17) is 26.2 Å². The Morgan fingerprint density at radius 3 is 2.33 bits per heavy atom. The summed E-state index contributed by atoms with van der Waals surface area (Å²) in [6.07, 6.45) is 1.42. The first-order chi connectivity index (χ1) is 20.2. The number of carbonyl (C=O) groups excluding carboxylic acids is 1. The summed E-state index contributed by atoms with van der Waals surface area (Å²) in [5.74, 6) is -3.45. The van der Waals surface area contributed by atoms with Crippen molar-refractivity contribution in [2.75, 3.05) is 31.6 Å². The highest BCUT2D eigenvalue weighted by molar-refractivity contribution is 6.31. The molecule has 10 heteroatoms. The normalized spacial score (nSPS) is 12.5. The van der Waals surface area contributed by atoms with Crippen LogP contribution in [0.2, 0.25) is 5.02 Å². The Hall–Kier alpha value is -3.66. The van der Waals surface area contributed by atoms with Crippen LogP contribution >= 0.6 is 11.6 Å². The maximum atomic E-state index is 12.9. The standard InChI is InChI=1S/C32H39ClN2O7/c1-22-12-15-26(20-27(22)33)34-16-7-8-18-41-29(30(32(39)40)42-21-28(36)37)31(38)35-17-6-2-3-9-23-13-14-24-10-4-5-11-25(24)19-23/h4-5,10-15,19-20,29-30,34H,2-3,6-9,16-18,21H2,1H3,(H,35,38)(H,36,37)(H,39,40). The van der Waals surface area contributed by atoms with Gasteiger partial charge in [0.2, 0.25) is 0 Å². The lowest BCUT2D eigenvalue weighted by Gasteiger charge is -2.23. The number of ether oxygens (including phenoxy) is 2. The lowest BCUT2D eigenvalue weighted by atomic mass is 10.0. The number of amides is 1. The molecule has 1 amide bonds. The summed E-state index contributed by atoms with van der Waals surface area (Å²) in [5, 5.41) is 27.7. The summed E-state index contributed by atoms with van der Waals surface area (Å²) in [7, 11) is 0. The number of carbonyl (C=O) groups is 3. The van der Waals surface area contributed by atoms with Crippen molar-refractivity contribution in [3.8, 4) is 0 Å². The van der Waals surface area contributed by atoms with E-state index in [9.17, 15) is 19.5 Å². The number of rotatable bonds is 19. The Bertz CT molecular complexity index is 1330. The number of carboxylic acid groups (broad SMARTS) is 2. The van der Waals surface area contributed by atoms with Gasteiger partial charge in [-0.2, -0.15) is 0 Å². The number of halogens is 1. The van der Waals surface area contributed by atoms with Crippen LogP contribution in [-0.4, -0.2) is 66.6 Å². The van der Waals surface area contributed by atoms with Crippen LogP contribution < -0.4 is 10.6 Å². The molecule has 0 saturated carbocycles. The van der Waals surface area contributed by atoms with Gasteiger partial charge < -0.3 is 30.3 Å². The van der Waals surface area contributed by atoms with E-state index in [-0.39, 0.29) is 6.61 Å². The van der Waals surface area contributed by atoms with Crippen LogP contribution in [0.5, 0.6) is 0 Å². The van der Waals surface area contributed by atoms with Gasteiger partial charge in [0.15, 0.2) is 12.2 Å². The molecule has 226 valence electrons. The van der Waals surface area contributed by atoms with E-state index < -0.39 is 36.7 Å². The van der Waals surface area contributed by atoms with Crippen LogP contribution in [0.1, 0.15) is 43.2 Å². The largest absolute Gasteiger partial charge is 0.480 e. The number of hydrogen-bond donors (Lipinski definition) is 4. The minimum Gasteiger partial charge on any atom is -0.480 e. The van der Waals surface area contributed by atoms with Gasteiger partial charge in [-0.1, -0.05) is 66.6 Å². The molecule has 42 heavy (non-hydrogen) atoms. The molecule has 0 spiro atoms. The molecule has 2 atom stereocenters. The number of carboxylic acids is 2. The van der Waals surface area contributed by atoms with Crippen molar-refractivity contribution in [2.45, 2.75) is 57.7 Å². The van der Waals surface area contributed by atoms with E-state index in [1.54, 1.807) is 0 Å². The summed E-state index contributed by atoms with van der Waals surface area (Å²) in [4.78, 5) is 35.7. The average Bonchev–Trinajstić information content (AvgIpc) is 2.96. The molecule has 3 aromatic rings. The fraction of sp³-hybridized carbons (Fsp3) is 0.406. The molecule has 0 bridgehead atoms. The van der Waals surface area contributed by atoms with Crippen LogP contribution in [0.4, 0.5) is 5.69 Å². The van der Waals surface area contributed by atoms with E-state index in [0.29, 0.717) is 37.4 Å². The second-order valence-electron chi connectivity index (χ2n) is 10.1. The molecule has 0 radical (unpaired) electrons. The summed E-state index contributed by atoms with van der Waals surface area (Å²) in [6, 6.07) is 20.3. The lowest BCUT2D eigenvalue weighted by Crippen LogP contribution is -2.49. The quantitative estimate of drug-likeness (QED) is 0.134. The maximum Gasteiger partial charge on any atom is 0.336 e. The van der Waals surface area contributed by atoms with Crippen molar-refractivity contribution in [3.63, 3.8) is 0 Å². The summed E-state index contributed by atoms with van der Waals surface area (Å²) >= 11 is 6.15. The van der Waals surface area contributed by atoms with Gasteiger partial charge >= 0.3 is 11.9 Å². The highest BCUT2D eigenvalue weighted by atomic mass is 35.5. The van der Waals surface area contributed by atoms with Gasteiger partial charge in [0.25, 0.3) is 5.91 Å². The van der Waals surface area contributed by atoms with E-state index in [1.807, 2.05) is 37.3 Å². The van der Waals surface area contributed by atoms with Gasteiger partial charge in [0.05, 0.1) is 0 Å². The van der Waals surface area contributed by atoms with Crippen molar-refractivity contribution < 1.29 is 34.1 Å². The second-order valence-corrected chi connectivity index (χ2v) is 10.5. The van der Waals surface area contributed by atoms with Crippen molar-refractivity contribution in [2.24, 2.45) is 0 Å². The molecule has 0 aliphatic heterocycles. The monoisotopic (exact) mass is 598 g/mol. The number of fused-ring (bicyclic) bond motifs is 1. The number of aliphatic carboxylic acids is 2. The van der Waals surface area contributed by atoms with Crippen molar-refractivity contribution in [1.82, 2.24) is 5.32 Å². The van der Waals surface area contributed by atoms with Crippen LogP contribution in [0, 0.1) is 6.92 Å². The molecule has 3 rings (SSSR count). The zero-order valence-corrected chi connectivity index (χ0v) is 24.6. The zero-order valence-electron chi connectivity index (χ0n) is 23.8. The molecule has 0 aliphatic carbocycles. The predicted octanol–water partition coefficient (Wildman–Crippen LogP) is 5.46. The van der Waals surface area contributed by atoms with Gasteiger partial charge in [-0.25, -0.2) is 9.59 Å². The minimum absolute atomic E-state index is 0.0976. The highest BCUT2D eigenvalue weighted by Gasteiger charge is 2.36. The first-order valence-corrected chi connectivity index (χ1v) is 14.6. The van der Waals surface area contributed by atoms with Gasteiger partial charge in [0.1, 0.15) is 6.61 Å². The fourth-order valence-corrected chi connectivity index (χ4v) is 4.64. The Kier molecular flexibility index (Phi) is 13.6. The third-order valence-electron chi connectivity index (χ3n) is 6.79. The minimum atomic E-state index is -1.75. The summed E-state index contributed by atoms with van der Waals surface area (Å²) < 4.78 is 10.7. The lowest BCUT2D eigenvalue weighted by molar-refractivity contribution is -0.172. The molecule has 2 unspecified atom stereocenters. The fourth-order valence-electron chi connectivity index (χ4n) is 4.46. The summed E-state index contributed by atoms with van der Waals surface area (Å²) in [6.45, 7) is 2.12. The molecular weight excluding hydrogens is 560 g/mol. The number of anilines is 1. The maximum absolute atomic E-state index is 12.9. The topological polar surface area (TPSA) is 134 Å². The zero-order chi connectivity index (χ0) is 30.3. The Balaban J connectivity index is 1.43. The van der Waals surface area contributed by atoms with Crippen LogP contribution in [0.25, 0.3) is 10.8 Å². The Morgan fingerprint density at radius 2 is 1.60 bits per heavy atom. The van der Waals surface area contributed by atoms with Gasteiger partial charge in [-0.3, -0.25) is 4.79 Å². The SMILES string of the molecule is Cc1ccc(NCCCCOC(C(=O)NCCCCCc2ccc3ccccc3c2)C(OCC(=O)O)C(=O)O)cc1Cl. The predicted molar refractivity (Wildman–Crippen MR) is 163 cm³/mol. The molecule has 3 aromatic carbocycles. The van der Waals surface area contributed by atoms with Crippen LogP contribution in [0.3, 0.4) is 0 Å². The van der Waals surface area contributed by atoms with Crippen LogP contribution in [-0.2, 0) is 30.3 Å². The first-order valence-electron chi connectivity index (χ1n) is 14.2. The number of nitrogens with one attached hydrogen (secondary N) is 2. The molecule has 0 fully saturated rings. The Morgan fingerprint density at radius 1 is 0.833 bits per heavy atom. The molecule has 9 nitrogen and oxygen atoms in total. The number of hydrogen-bond acceptors (Lipinski definition) is 6. The molecule has 0 aromatic heterocycles. The summed E-state index contributed by atoms with van der Waals surface area (Å²) in [5.41, 5.74) is 3.12. The molecule has 0 aliphatic rings. The smallest absolute Gasteiger partial charge is 0.336 e.